The lowest BCUT2D eigenvalue weighted by Crippen LogP contribution is -2.03. The van der Waals surface area contributed by atoms with Gasteiger partial charge in [0.25, 0.3) is 0 Å². The molecule has 2 atom stereocenters. The van der Waals surface area contributed by atoms with Gasteiger partial charge in [-0.3, -0.25) is 0 Å². The Morgan fingerprint density at radius 1 is 1.00 bits per heavy atom. The quantitative estimate of drug-likeness (QED) is 0.340. The van der Waals surface area contributed by atoms with Gasteiger partial charge in [0, 0.05) is 0 Å². The average Bonchev–Trinajstić information content (AvgIpc) is 2.25. The molecule has 0 aromatic rings. The highest BCUT2D eigenvalue weighted by Crippen LogP contribution is 2.19. The van der Waals surface area contributed by atoms with Crippen LogP contribution < -0.4 is 0 Å². The molecule has 100 valence electrons. The predicted octanol–water partition coefficient (Wildman–Crippen LogP) is 6.00. The van der Waals surface area contributed by atoms with Gasteiger partial charge in [0.1, 0.15) is 0 Å². The maximum absolute atomic E-state index is 3.89. The largest absolute Gasteiger partial charge is 0.0961 e. The maximum Gasteiger partial charge on any atom is -0.0259 e. The van der Waals surface area contributed by atoms with Gasteiger partial charge in [-0.05, 0) is 31.1 Å². The molecule has 0 spiro atoms. The summed E-state index contributed by atoms with van der Waals surface area (Å²) in [5.41, 5.74) is 1.16. The third kappa shape index (κ3) is 10.4. The summed E-state index contributed by atoms with van der Waals surface area (Å²) in [6, 6.07) is 0. The molecule has 0 saturated carbocycles. The average molecular weight is 236 g/mol. The van der Waals surface area contributed by atoms with Crippen molar-refractivity contribution in [1.29, 1.82) is 0 Å². The molecule has 0 N–H and O–H groups in total. The van der Waals surface area contributed by atoms with Crippen molar-refractivity contribution in [3.8, 4) is 0 Å². The summed E-state index contributed by atoms with van der Waals surface area (Å²) < 4.78 is 0. The molecule has 0 bridgehead atoms. The fourth-order valence-corrected chi connectivity index (χ4v) is 1.87. The Balaban J connectivity index is 3.48. The molecule has 0 aliphatic rings. The first kappa shape index (κ1) is 16.5. The number of hydrogen-bond donors (Lipinski definition) is 0. The Hall–Kier alpha value is -0.520. The van der Waals surface area contributed by atoms with Crippen LogP contribution in [0.15, 0.2) is 24.3 Å². The Bertz CT molecular complexity index is 222. The molecule has 0 aromatic heterocycles. The van der Waals surface area contributed by atoms with E-state index in [9.17, 15) is 0 Å². The van der Waals surface area contributed by atoms with Gasteiger partial charge in [0.2, 0.25) is 0 Å². The van der Waals surface area contributed by atoms with E-state index in [1.807, 2.05) is 0 Å². The molecule has 0 aliphatic heterocycles. The number of rotatable bonds is 9. The summed E-state index contributed by atoms with van der Waals surface area (Å²) >= 11 is 0. The summed E-state index contributed by atoms with van der Waals surface area (Å²) in [6.07, 6.45) is 11.3. The molecule has 0 aliphatic carbocycles. The van der Waals surface area contributed by atoms with Crippen LogP contribution in [0, 0.1) is 17.8 Å². The van der Waals surface area contributed by atoms with Crippen molar-refractivity contribution in [3.05, 3.63) is 24.3 Å². The Labute approximate surface area is 109 Å². The lowest BCUT2D eigenvalue weighted by molar-refractivity contribution is 0.373. The first-order valence-electron chi connectivity index (χ1n) is 7.27. The zero-order chi connectivity index (χ0) is 13.3. The molecule has 0 saturated heterocycles. The minimum atomic E-state index is 0.703. The summed E-state index contributed by atoms with van der Waals surface area (Å²) in [5, 5.41) is 0. The second kappa shape index (κ2) is 9.50. The fraction of sp³-hybridized carbons (Fsp3) is 0.765. The molecule has 2 unspecified atom stereocenters. The number of unbranched alkanes of at least 4 members (excludes halogenated alkanes) is 2. The normalized spacial score (nSPS) is 15.4. The highest BCUT2D eigenvalue weighted by molar-refractivity contribution is 5.11. The van der Waals surface area contributed by atoms with Gasteiger partial charge in [-0.2, -0.15) is 0 Å². The highest BCUT2D eigenvalue weighted by atomic mass is 14.1. The molecular formula is C17H32. The highest BCUT2D eigenvalue weighted by Gasteiger charge is 2.06. The van der Waals surface area contributed by atoms with Crippen LogP contribution in [0.5, 0.6) is 0 Å². The lowest BCUT2D eigenvalue weighted by atomic mass is 9.91. The zero-order valence-electron chi connectivity index (χ0n) is 12.6. The molecule has 0 heterocycles. The van der Waals surface area contributed by atoms with Crippen LogP contribution in [0.1, 0.15) is 66.7 Å². The molecule has 0 fully saturated rings. The Kier molecular flexibility index (Phi) is 9.21. The summed E-state index contributed by atoms with van der Waals surface area (Å²) in [4.78, 5) is 0. The van der Waals surface area contributed by atoms with Crippen molar-refractivity contribution in [2.45, 2.75) is 66.7 Å². The minimum Gasteiger partial charge on any atom is -0.0961 e. The van der Waals surface area contributed by atoms with Gasteiger partial charge in [-0.1, -0.05) is 77.7 Å². The van der Waals surface area contributed by atoms with Crippen molar-refractivity contribution >= 4 is 0 Å². The van der Waals surface area contributed by atoms with E-state index in [4.69, 9.17) is 0 Å². The third-order valence-corrected chi connectivity index (χ3v) is 3.67. The van der Waals surface area contributed by atoms with E-state index in [1.54, 1.807) is 0 Å². The van der Waals surface area contributed by atoms with E-state index in [-0.39, 0.29) is 0 Å². The van der Waals surface area contributed by atoms with Gasteiger partial charge in [0.15, 0.2) is 0 Å². The molecule has 17 heavy (non-hydrogen) atoms. The predicted molar refractivity (Wildman–Crippen MR) is 80.2 cm³/mol. The van der Waals surface area contributed by atoms with Crippen LogP contribution in [-0.4, -0.2) is 0 Å². The molecular weight excluding hydrogens is 204 g/mol. The fourth-order valence-electron chi connectivity index (χ4n) is 1.87. The second-order valence-corrected chi connectivity index (χ2v) is 6.04. The van der Waals surface area contributed by atoms with Crippen LogP contribution >= 0.6 is 0 Å². The van der Waals surface area contributed by atoms with Gasteiger partial charge in [-0.25, -0.2) is 0 Å². The summed E-state index contributed by atoms with van der Waals surface area (Å²) in [7, 11) is 0. The van der Waals surface area contributed by atoms with Crippen LogP contribution in [0.2, 0.25) is 0 Å². The van der Waals surface area contributed by atoms with E-state index >= 15 is 0 Å². The van der Waals surface area contributed by atoms with Crippen LogP contribution in [0.25, 0.3) is 0 Å². The van der Waals surface area contributed by atoms with Gasteiger partial charge < -0.3 is 0 Å². The van der Waals surface area contributed by atoms with Crippen molar-refractivity contribution in [3.63, 3.8) is 0 Å². The monoisotopic (exact) mass is 236 g/mol. The van der Waals surface area contributed by atoms with E-state index in [0.717, 1.165) is 17.4 Å². The second-order valence-electron chi connectivity index (χ2n) is 6.04. The van der Waals surface area contributed by atoms with E-state index < -0.39 is 0 Å². The minimum absolute atomic E-state index is 0.703. The van der Waals surface area contributed by atoms with Gasteiger partial charge in [-0.15, -0.1) is 0 Å². The van der Waals surface area contributed by atoms with Crippen LogP contribution in [0.3, 0.4) is 0 Å². The smallest absolute Gasteiger partial charge is 0.0259 e. The molecule has 0 radical (unpaired) electrons. The Morgan fingerprint density at radius 2 is 1.59 bits per heavy atom. The summed E-state index contributed by atoms with van der Waals surface area (Å²) in [5.74, 6) is 2.43. The SMILES string of the molecule is C=C(C)C=CC(C)CCCCCC(C)C(C)C. The van der Waals surface area contributed by atoms with Crippen molar-refractivity contribution in [2.75, 3.05) is 0 Å². The third-order valence-electron chi connectivity index (χ3n) is 3.67. The van der Waals surface area contributed by atoms with E-state index in [0.29, 0.717) is 5.92 Å². The van der Waals surface area contributed by atoms with E-state index in [1.165, 1.54) is 32.1 Å². The maximum atomic E-state index is 3.89. The first-order valence-corrected chi connectivity index (χ1v) is 7.27. The number of hydrogen-bond acceptors (Lipinski definition) is 0. The topological polar surface area (TPSA) is 0 Å². The van der Waals surface area contributed by atoms with Crippen molar-refractivity contribution in [1.82, 2.24) is 0 Å². The Morgan fingerprint density at radius 3 is 2.12 bits per heavy atom. The van der Waals surface area contributed by atoms with E-state index in [2.05, 4.69) is 53.3 Å². The molecule has 0 heteroatoms. The van der Waals surface area contributed by atoms with Gasteiger partial charge >= 0.3 is 0 Å². The van der Waals surface area contributed by atoms with Crippen LogP contribution in [0.4, 0.5) is 0 Å². The standard InChI is InChI=1S/C17H32/c1-14(2)12-13-16(5)10-8-7-9-11-17(6)15(3)4/h12-13,15-17H,1,7-11H2,2-6H3. The first-order chi connectivity index (χ1) is 7.93. The summed E-state index contributed by atoms with van der Waals surface area (Å²) in [6.45, 7) is 15.3. The number of allylic oxidation sites excluding steroid dienone is 3. The van der Waals surface area contributed by atoms with Crippen LogP contribution in [-0.2, 0) is 0 Å². The molecule has 0 nitrogen and oxygen atoms in total. The van der Waals surface area contributed by atoms with Crippen molar-refractivity contribution < 1.29 is 0 Å². The van der Waals surface area contributed by atoms with Gasteiger partial charge in [0.05, 0.1) is 0 Å². The lowest BCUT2D eigenvalue weighted by Gasteiger charge is -2.15. The molecule has 0 aromatic carbocycles. The molecule has 0 rings (SSSR count). The molecule has 0 amide bonds. The van der Waals surface area contributed by atoms with Crippen molar-refractivity contribution in [2.24, 2.45) is 17.8 Å². The zero-order valence-corrected chi connectivity index (χ0v) is 12.6.